The predicted octanol–water partition coefficient (Wildman–Crippen LogP) is 3.00. The van der Waals surface area contributed by atoms with Crippen molar-refractivity contribution in [1.82, 2.24) is 14.7 Å². The summed E-state index contributed by atoms with van der Waals surface area (Å²) < 4.78 is 1.95. The highest BCUT2D eigenvalue weighted by Gasteiger charge is 2.35. The van der Waals surface area contributed by atoms with Crippen LogP contribution in [0.4, 0.5) is 0 Å². The number of likely N-dealkylation sites (tertiary alicyclic amines) is 1. The number of aliphatic hydroxyl groups is 1. The van der Waals surface area contributed by atoms with Crippen LogP contribution in [-0.2, 0) is 13.1 Å². The summed E-state index contributed by atoms with van der Waals surface area (Å²) >= 11 is 0. The number of piperidine rings is 1. The van der Waals surface area contributed by atoms with Crippen LogP contribution in [0.1, 0.15) is 44.4 Å². The van der Waals surface area contributed by atoms with Gasteiger partial charge in [-0.15, -0.1) is 6.58 Å². The maximum absolute atomic E-state index is 9.95. The van der Waals surface area contributed by atoms with Crippen molar-refractivity contribution in [2.45, 2.75) is 53.1 Å². The molecule has 124 valence electrons. The number of hydrogen-bond acceptors (Lipinski definition) is 3. The van der Waals surface area contributed by atoms with Crippen LogP contribution < -0.4 is 0 Å². The van der Waals surface area contributed by atoms with Crippen LogP contribution in [0.2, 0.25) is 0 Å². The Kier molecular flexibility index (Phi) is 5.81. The molecule has 4 nitrogen and oxygen atoms in total. The first-order valence-electron chi connectivity index (χ1n) is 8.45. The van der Waals surface area contributed by atoms with Crippen molar-refractivity contribution in [3.8, 4) is 0 Å². The number of hydrogen-bond donors (Lipinski definition) is 1. The molecule has 2 rings (SSSR count). The van der Waals surface area contributed by atoms with Gasteiger partial charge in [-0.05, 0) is 38.6 Å². The lowest BCUT2D eigenvalue weighted by Crippen LogP contribution is -2.45. The molecule has 1 unspecified atom stereocenters. The Bertz CT molecular complexity index is 495. The van der Waals surface area contributed by atoms with Gasteiger partial charge in [0, 0.05) is 36.9 Å². The average molecular weight is 305 g/mol. The lowest BCUT2D eigenvalue weighted by Gasteiger charge is -2.43. The number of nitrogens with zero attached hydrogens (tertiary/aromatic N) is 3. The van der Waals surface area contributed by atoms with Gasteiger partial charge in [0.2, 0.25) is 0 Å². The number of rotatable bonds is 7. The largest absolute Gasteiger partial charge is 0.396 e. The first-order chi connectivity index (χ1) is 10.5. The lowest BCUT2D eigenvalue weighted by molar-refractivity contribution is 0.0132. The normalized spacial score (nSPS) is 23.1. The van der Waals surface area contributed by atoms with Crippen molar-refractivity contribution >= 4 is 0 Å². The van der Waals surface area contributed by atoms with E-state index in [0.717, 1.165) is 44.7 Å². The van der Waals surface area contributed by atoms with Gasteiger partial charge in [0.15, 0.2) is 0 Å². The van der Waals surface area contributed by atoms with E-state index in [2.05, 4.69) is 43.5 Å². The summed E-state index contributed by atoms with van der Waals surface area (Å²) in [5, 5.41) is 14.5. The molecule has 0 spiro atoms. The van der Waals surface area contributed by atoms with E-state index in [1.807, 2.05) is 10.8 Å². The van der Waals surface area contributed by atoms with Crippen LogP contribution in [-0.4, -0.2) is 39.5 Å². The molecule has 1 fully saturated rings. The van der Waals surface area contributed by atoms with Crippen molar-refractivity contribution in [1.29, 1.82) is 0 Å². The third kappa shape index (κ3) is 4.20. The minimum Gasteiger partial charge on any atom is -0.396 e. The van der Waals surface area contributed by atoms with Gasteiger partial charge in [-0.3, -0.25) is 9.58 Å². The molecule has 1 saturated heterocycles. The molecule has 0 amide bonds. The minimum atomic E-state index is 0.0808. The smallest absolute Gasteiger partial charge is 0.0638 e. The number of aromatic nitrogens is 2. The van der Waals surface area contributed by atoms with E-state index in [1.54, 1.807) is 0 Å². The van der Waals surface area contributed by atoms with E-state index in [1.165, 1.54) is 12.0 Å². The van der Waals surface area contributed by atoms with Gasteiger partial charge >= 0.3 is 0 Å². The van der Waals surface area contributed by atoms with Crippen LogP contribution in [0.15, 0.2) is 18.9 Å². The summed E-state index contributed by atoms with van der Waals surface area (Å²) in [4.78, 5) is 2.49. The summed E-state index contributed by atoms with van der Waals surface area (Å²) in [5.41, 5.74) is 2.48. The summed E-state index contributed by atoms with van der Waals surface area (Å²) in [5.74, 6) is 0.629. The van der Waals surface area contributed by atoms with E-state index >= 15 is 0 Å². The molecular weight excluding hydrogens is 274 g/mol. The second-order valence-electron chi connectivity index (χ2n) is 7.32. The van der Waals surface area contributed by atoms with Crippen LogP contribution in [0.25, 0.3) is 0 Å². The molecule has 1 aliphatic heterocycles. The predicted molar refractivity (Wildman–Crippen MR) is 90.6 cm³/mol. The van der Waals surface area contributed by atoms with Crippen molar-refractivity contribution in [3.05, 3.63) is 30.1 Å². The van der Waals surface area contributed by atoms with Crippen LogP contribution in [0.5, 0.6) is 0 Å². The Morgan fingerprint density at radius 2 is 2.27 bits per heavy atom. The molecule has 1 aromatic heterocycles. The Balaban J connectivity index is 2.04. The van der Waals surface area contributed by atoms with E-state index in [9.17, 15) is 5.11 Å². The quantitative estimate of drug-likeness (QED) is 0.787. The molecule has 22 heavy (non-hydrogen) atoms. The number of allylic oxidation sites excluding steroid dienone is 1. The molecule has 0 aliphatic carbocycles. The van der Waals surface area contributed by atoms with Gasteiger partial charge in [0.05, 0.1) is 12.2 Å². The Hall–Kier alpha value is -1.13. The molecule has 0 bridgehead atoms. The van der Waals surface area contributed by atoms with E-state index < -0.39 is 0 Å². The summed E-state index contributed by atoms with van der Waals surface area (Å²) in [6, 6.07) is 0. The van der Waals surface area contributed by atoms with Crippen LogP contribution >= 0.6 is 0 Å². The molecular formula is C18H31N3O. The lowest BCUT2D eigenvalue weighted by atomic mass is 9.74. The molecule has 1 N–H and O–H groups in total. The topological polar surface area (TPSA) is 41.3 Å². The van der Waals surface area contributed by atoms with Crippen molar-refractivity contribution < 1.29 is 5.11 Å². The maximum atomic E-state index is 9.95. The number of aryl methyl sites for hydroxylation is 1. The third-order valence-electron chi connectivity index (χ3n) is 4.68. The van der Waals surface area contributed by atoms with Crippen molar-refractivity contribution in [2.24, 2.45) is 11.3 Å². The highest BCUT2D eigenvalue weighted by molar-refractivity contribution is 5.15. The average Bonchev–Trinajstić information content (AvgIpc) is 2.79. The van der Waals surface area contributed by atoms with Gasteiger partial charge in [-0.25, -0.2) is 0 Å². The molecule has 1 atom stereocenters. The van der Waals surface area contributed by atoms with Gasteiger partial charge in [-0.1, -0.05) is 19.9 Å². The van der Waals surface area contributed by atoms with E-state index in [4.69, 9.17) is 0 Å². The first kappa shape index (κ1) is 17.2. The van der Waals surface area contributed by atoms with Gasteiger partial charge in [0.25, 0.3) is 0 Å². The maximum Gasteiger partial charge on any atom is 0.0638 e. The zero-order valence-corrected chi connectivity index (χ0v) is 14.4. The first-order valence-corrected chi connectivity index (χ1v) is 8.45. The molecule has 4 heteroatoms. The molecule has 1 aromatic rings. The Morgan fingerprint density at radius 1 is 1.50 bits per heavy atom. The third-order valence-corrected chi connectivity index (χ3v) is 4.68. The fourth-order valence-electron chi connectivity index (χ4n) is 3.85. The molecule has 1 aliphatic rings. The van der Waals surface area contributed by atoms with E-state index in [0.29, 0.717) is 12.5 Å². The fraction of sp³-hybridized carbons (Fsp3) is 0.722. The minimum absolute atomic E-state index is 0.0808. The highest BCUT2D eigenvalue weighted by Crippen LogP contribution is 2.36. The standard InChI is InChI=1S/C18H31N3O/c1-5-8-21-12-17(16(4)19-21)11-20-9-6-7-18(13-20,14-22)10-15(2)3/h5,12,15,22H,1,6-11,13-14H2,2-4H3. The van der Waals surface area contributed by atoms with Gasteiger partial charge in [0.1, 0.15) is 0 Å². The Morgan fingerprint density at radius 3 is 2.91 bits per heavy atom. The van der Waals surface area contributed by atoms with Gasteiger partial charge in [-0.2, -0.15) is 5.10 Å². The summed E-state index contributed by atoms with van der Waals surface area (Å²) in [7, 11) is 0. The van der Waals surface area contributed by atoms with E-state index in [-0.39, 0.29) is 5.41 Å². The summed E-state index contributed by atoms with van der Waals surface area (Å²) in [6.07, 6.45) is 7.43. The molecule has 0 aromatic carbocycles. The zero-order chi connectivity index (χ0) is 16.2. The van der Waals surface area contributed by atoms with Crippen molar-refractivity contribution in [3.63, 3.8) is 0 Å². The summed E-state index contributed by atoms with van der Waals surface area (Å²) in [6.45, 7) is 14.4. The second kappa shape index (κ2) is 7.42. The van der Waals surface area contributed by atoms with Crippen LogP contribution in [0.3, 0.4) is 0 Å². The van der Waals surface area contributed by atoms with Crippen molar-refractivity contribution in [2.75, 3.05) is 19.7 Å². The monoisotopic (exact) mass is 305 g/mol. The molecule has 0 radical (unpaired) electrons. The SMILES string of the molecule is C=CCn1cc(CN2CCCC(CO)(CC(C)C)C2)c(C)n1. The zero-order valence-electron chi connectivity index (χ0n) is 14.4. The van der Waals surface area contributed by atoms with Crippen LogP contribution in [0, 0.1) is 18.3 Å². The second-order valence-corrected chi connectivity index (χ2v) is 7.32. The molecule has 2 heterocycles. The highest BCUT2D eigenvalue weighted by atomic mass is 16.3. The molecule has 0 saturated carbocycles. The van der Waals surface area contributed by atoms with Gasteiger partial charge < -0.3 is 5.11 Å². The Labute approximate surface area is 134 Å². The fourth-order valence-corrected chi connectivity index (χ4v) is 3.85. The number of aliphatic hydroxyl groups excluding tert-OH is 1.